The summed E-state index contributed by atoms with van der Waals surface area (Å²) in [5.41, 5.74) is 1.69. The summed E-state index contributed by atoms with van der Waals surface area (Å²) in [5, 5.41) is 7.08. The molecule has 74 valence electrons. The van der Waals surface area contributed by atoms with E-state index in [2.05, 4.69) is 0 Å². The normalized spacial score (nSPS) is 9.93. The lowest BCUT2D eigenvalue weighted by Crippen LogP contribution is -1.91. The molecule has 2 rings (SSSR count). The summed E-state index contributed by atoms with van der Waals surface area (Å²) in [6.45, 7) is 0. The zero-order valence-electron chi connectivity index (χ0n) is 8.07. The summed E-state index contributed by atoms with van der Waals surface area (Å²) in [4.78, 5) is 0. The van der Waals surface area contributed by atoms with Gasteiger partial charge in [-0.2, -0.15) is 0 Å². The Bertz CT molecular complexity index is 477. The van der Waals surface area contributed by atoms with E-state index in [0.717, 1.165) is 11.8 Å². The van der Waals surface area contributed by atoms with Gasteiger partial charge in [0.05, 0.1) is 0 Å². The first kappa shape index (κ1) is 9.59. The average Bonchev–Trinajstić information content (AvgIpc) is 2.30. The van der Waals surface area contributed by atoms with Crippen LogP contribution in [0.4, 0.5) is 4.39 Å². The van der Waals surface area contributed by atoms with Gasteiger partial charge in [0.1, 0.15) is 5.82 Å². The Kier molecular flexibility index (Phi) is 2.59. The highest BCUT2D eigenvalue weighted by Gasteiger charge is 2.07. The quantitative estimate of drug-likeness (QED) is 0.716. The Labute approximate surface area is 87.7 Å². The molecule has 2 heteroatoms. The van der Waals surface area contributed by atoms with Gasteiger partial charge >= 0.3 is 0 Å². The summed E-state index contributed by atoms with van der Waals surface area (Å²) < 4.78 is 13.8. The molecule has 0 saturated carbocycles. The van der Waals surface area contributed by atoms with Crippen LogP contribution in [-0.2, 0) is 0 Å². The summed E-state index contributed by atoms with van der Waals surface area (Å²) in [6.07, 6.45) is 1.03. The van der Waals surface area contributed by atoms with Gasteiger partial charge in [-0.1, -0.05) is 48.5 Å². The van der Waals surface area contributed by atoms with Gasteiger partial charge in [-0.15, -0.1) is 0 Å². The van der Waals surface area contributed by atoms with Gasteiger partial charge in [0.15, 0.2) is 0 Å². The predicted octanol–water partition coefficient (Wildman–Crippen LogP) is 3.49. The molecule has 0 saturated heterocycles. The van der Waals surface area contributed by atoms with Crippen LogP contribution in [0.25, 0.3) is 11.1 Å². The third kappa shape index (κ3) is 1.79. The van der Waals surface area contributed by atoms with Crippen LogP contribution in [0.15, 0.2) is 48.5 Å². The standard InChI is InChI=1S/C13H10FN/c14-13-11(9-15)7-4-8-12(13)10-5-2-1-3-6-10/h1-9,15H. The number of hydrogen-bond donors (Lipinski definition) is 1. The summed E-state index contributed by atoms with van der Waals surface area (Å²) in [7, 11) is 0. The second kappa shape index (κ2) is 4.05. The molecular weight excluding hydrogens is 189 g/mol. The molecule has 0 fully saturated rings. The molecule has 1 N–H and O–H groups in total. The molecule has 0 radical (unpaired) electrons. The maximum atomic E-state index is 13.8. The molecule has 2 aromatic rings. The third-order valence-electron chi connectivity index (χ3n) is 2.27. The maximum absolute atomic E-state index is 13.8. The van der Waals surface area contributed by atoms with Crippen molar-refractivity contribution in [2.24, 2.45) is 0 Å². The number of halogens is 1. The molecule has 15 heavy (non-hydrogen) atoms. The van der Waals surface area contributed by atoms with Crippen LogP contribution in [0.2, 0.25) is 0 Å². The zero-order valence-corrected chi connectivity index (χ0v) is 8.07. The van der Waals surface area contributed by atoms with Gasteiger partial charge in [0.2, 0.25) is 0 Å². The molecule has 0 atom stereocenters. The van der Waals surface area contributed by atoms with Crippen LogP contribution >= 0.6 is 0 Å². The number of nitrogens with one attached hydrogen (secondary N) is 1. The molecule has 0 aliphatic rings. The lowest BCUT2D eigenvalue weighted by Gasteiger charge is -2.04. The van der Waals surface area contributed by atoms with Gasteiger partial charge in [-0.05, 0) is 5.56 Å². The Morgan fingerprint density at radius 2 is 1.67 bits per heavy atom. The van der Waals surface area contributed by atoms with E-state index >= 15 is 0 Å². The van der Waals surface area contributed by atoms with Crippen molar-refractivity contribution in [3.05, 3.63) is 59.9 Å². The molecule has 0 amide bonds. The van der Waals surface area contributed by atoms with E-state index in [1.54, 1.807) is 18.2 Å². The first-order chi connectivity index (χ1) is 7.33. The van der Waals surface area contributed by atoms with Gasteiger partial charge in [0.25, 0.3) is 0 Å². The number of rotatable bonds is 2. The van der Waals surface area contributed by atoms with E-state index < -0.39 is 0 Å². The minimum atomic E-state index is -0.335. The number of hydrogen-bond acceptors (Lipinski definition) is 1. The van der Waals surface area contributed by atoms with Crippen LogP contribution in [-0.4, -0.2) is 6.21 Å². The van der Waals surface area contributed by atoms with E-state index in [0.29, 0.717) is 11.1 Å². The van der Waals surface area contributed by atoms with Gasteiger partial charge in [-0.25, -0.2) is 4.39 Å². The molecule has 0 unspecified atom stereocenters. The molecule has 0 aromatic heterocycles. The summed E-state index contributed by atoms with van der Waals surface area (Å²) in [6, 6.07) is 14.4. The lowest BCUT2D eigenvalue weighted by atomic mass is 10.0. The second-order valence-electron chi connectivity index (χ2n) is 3.22. The highest BCUT2D eigenvalue weighted by molar-refractivity contribution is 5.81. The van der Waals surface area contributed by atoms with Crippen LogP contribution in [0.5, 0.6) is 0 Å². The fraction of sp³-hybridized carbons (Fsp3) is 0. The molecule has 0 aliphatic heterocycles. The minimum absolute atomic E-state index is 0.316. The number of benzene rings is 2. The Morgan fingerprint density at radius 1 is 0.933 bits per heavy atom. The first-order valence-corrected chi connectivity index (χ1v) is 4.67. The largest absolute Gasteiger partial charge is 0.308 e. The van der Waals surface area contributed by atoms with Crippen molar-refractivity contribution < 1.29 is 4.39 Å². The second-order valence-corrected chi connectivity index (χ2v) is 3.22. The SMILES string of the molecule is N=Cc1cccc(-c2ccccc2)c1F. The molecule has 2 aromatic carbocycles. The van der Waals surface area contributed by atoms with Crippen LogP contribution in [0.1, 0.15) is 5.56 Å². The van der Waals surface area contributed by atoms with Crippen molar-refractivity contribution in [1.82, 2.24) is 0 Å². The van der Waals surface area contributed by atoms with Crippen molar-refractivity contribution in [3.8, 4) is 11.1 Å². The minimum Gasteiger partial charge on any atom is -0.308 e. The van der Waals surface area contributed by atoms with E-state index in [1.165, 1.54) is 0 Å². The van der Waals surface area contributed by atoms with Gasteiger partial charge in [-0.3, -0.25) is 0 Å². The summed E-state index contributed by atoms with van der Waals surface area (Å²) in [5.74, 6) is -0.335. The van der Waals surface area contributed by atoms with Crippen molar-refractivity contribution in [2.75, 3.05) is 0 Å². The molecule has 0 aliphatic carbocycles. The average molecular weight is 199 g/mol. The summed E-state index contributed by atoms with van der Waals surface area (Å²) >= 11 is 0. The topological polar surface area (TPSA) is 23.9 Å². The fourth-order valence-electron chi connectivity index (χ4n) is 1.50. The fourth-order valence-corrected chi connectivity index (χ4v) is 1.50. The predicted molar refractivity (Wildman–Crippen MR) is 59.7 cm³/mol. The third-order valence-corrected chi connectivity index (χ3v) is 2.27. The monoisotopic (exact) mass is 199 g/mol. The van der Waals surface area contributed by atoms with Crippen molar-refractivity contribution >= 4 is 6.21 Å². The molecule has 0 spiro atoms. The van der Waals surface area contributed by atoms with Crippen LogP contribution in [0.3, 0.4) is 0 Å². The van der Waals surface area contributed by atoms with Gasteiger partial charge < -0.3 is 5.41 Å². The van der Waals surface area contributed by atoms with Crippen molar-refractivity contribution in [1.29, 1.82) is 5.41 Å². The lowest BCUT2D eigenvalue weighted by molar-refractivity contribution is 0.629. The van der Waals surface area contributed by atoms with Crippen LogP contribution < -0.4 is 0 Å². The van der Waals surface area contributed by atoms with Gasteiger partial charge in [0, 0.05) is 17.3 Å². The molecule has 0 heterocycles. The Morgan fingerprint density at radius 3 is 2.33 bits per heavy atom. The van der Waals surface area contributed by atoms with E-state index in [1.807, 2.05) is 30.3 Å². The zero-order chi connectivity index (χ0) is 10.7. The maximum Gasteiger partial charge on any atom is 0.139 e. The van der Waals surface area contributed by atoms with Crippen molar-refractivity contribution in [3.63, 3.8) is 0 Å². The van der Waals surface area contributed by atoms with E-state index in [-0.39, 0.29) is 5.82 Å². The van der Waals surface area contributed by atoms with Crippen molar-refractivity contribution in [2.45, 2.75) is 0 Å². The molecule has 0 bridgehead atoms. The Hall–Kier alpha value is -1.96. The van der Waals surface area contributed by atoms with Crippen LogP contribution in [0, 0.1) is 11.2 Å². The first-order valence-electron chi connectivity index (χ1n) is 4.67. The van der Waals surface area contributed by atoms with E-state index in [9.17, 15) is 4.39 Å². The Balaban J connectivity index is 2.59. The van der Waals surface area contributed by atoms with E-state index in [4.69, 9.17) is 5.41 Å². The highest BCUT2D eigenvalue weighted by atomic mass is 19.1. The highest BCUT2D eigenvalue weighted by Crippen LogP contribution is 2.23. The smallest absolute Gasteiger partial charge is 0.139 e. The molecule has 1 nitrogen and oxygen atoms in total. The molecular formula is C13H10FN.